The fourth-order valence-electron chi connectivity index (χ4n) is 2.38. The molecule has 1 fully saturated rings. The Hall–Kier alpha value is -0.760. The van der Waals surface area contributed by atoms with Crippen LogP contribution in [0.1, 0.15) is 34.1 Å². The Morgan fingerprint density at radius 3 is 2.32 bits per heavy atom. The summed E-state index contributed by atoms with van der Waals surface area (Å²) >= 11 is 0. The number of carbonyl (C=O) groups is 1. The summed E-state index contributed by atoms with van der Waals surface area (Å²) in [5.74, 6) is 0. The summed E-state index contributed by atoms with van der Waals surface area (Å²) in [5, 5.41) is 9.20. The molecule has 10 heteroatoms. The van der Waals surface area contributed by atoms with Gasteiger partial charge in [0.1, 0.15) is 5.72 Å². The molecule has 0 aromatic carbocycles. The maximum Gasteiger partial charge on any atom is 0.409 e. The third kappa shape index (κ3) is 3.76. The highest BCUT2D eigenvalue weighted by atomic mass is 31.2. The molecule has 0 radical (unpaired) electrons. The van der Waals surface area contributed by atoms with Gasteiger partial charge in [0, 0.05) is 6.42 Å². The van der Waals surface area contributed by atoms with Crippen LogP contribution < -0.4 is 0 Å². The second kappa shape index (κ2) is 6.78. The Balaban J connectivity index is 3.00. The molecular formula is C12H22F2NO6P. The van der Waals surface area contributed by atoms with Crippen LogP contribution in [-0.4, -0.2) is 53.4 Å². The van der Waals surface area contributed by atoms with Crippen molar-refractivity contribution in [2.45, 2.75) is 51.5 Å². The molecule has 1 N–H and O–H groups in total. The highest BCUT2D eigenvalue weighted by Gasteiger charge is 2.57. The lowest BCUT2D eigenvalue weighted by Gasteiger charge is -2.33. The Bertz CT molecular complexity index is 449. The van der Waals surface area contributed by atoms with Crippen LogP contribution in [0.2, 0.25) is 0 Å². The van der Waals surface area contributed by atoms with Crippen LogP contribution >= 0.6 is 7.60 Å². The number of hydrogen-bond donors (Lipinski definition) is 1. The van der Waals surface area contributed by atoms with Gasteiger partial charge in [-0.3, -0.25) is 9.46 Å². The van der Waals surface area contributed by atoms with Gasteiger partial charge in [-0.1, -0.05) is 0 Å². The first kappa shape index (κ1) is 19.3. The van der Waals surface area contributed by atoms with Crippen molar-refractivity contribution in [3.05, 3.63) is 0 Å². The van der Waals surface area contributed by atoms with Crippen LogP contribution in [0.5, 0.6) is 0 Å². The van der Waals surface area contributed by atoms with Crippen LogP contribution in [0.4, 0.5) is 13.6 Å². The van der Waals surface area contributed by atoms with E-state index in [1.54, 1.807) is 0 Å². The van der Waals surface area contributed by atoms with E-state index in [4.69, 9.17) is 4.74 Å². The van der Waals surface area contributed by atoms with Crippen LogP contribution in [0.25, 0.3) is 0 Å². The SMILES string of the molecule is CCOP(=O)(OCC)C(F)(F)C[C@H]1COC(C)(C)N1C(=O)O. The minimum Gasteiger partial charge on any atom is -0.465 e. The minimum atomic E-state index is -4.68. The molecule has 130 valence electrons. The molecule has 1 atom stereocenters. The zero-order chi connectivity index (χ0) is 17.2. The van der Waals surface area contributed by atoms with Gasteiger partial charge in [0.15, 0.2) is 0 Å². The van der Waals surface area contributed by atoms with Gasteiger partial charge in [-0.05, 0) is 27.7 Å². The molecule has 1 amide bonds. The van der Waals surface area contributed by atoms with Gasteiger partial charge in [0.05, 0.1) is 25.9 Å². The first-order chi connectivity index (χ1) is 10.0. The number of ether oxygens (including phenoxy) is 1. The molecule has 0 unspecified atom stereocenters. The molecule has 1 rings (SSSR count). The quantitative estimate of drug-likeness (QED) is 0.712. The van der Waals surface area contributed by atoms with Crippen molar-refractivity contribution in [2.75, 3.05) is 19.8 Å². The van der Waals surface area contributed by atoms with E-state index in [1.165, 1.54) is 27.7 Å². The molecule has 0 spiro atoms. The van der Waals surface area contributed by atoms with E-state index in [-0.39, 0.29) is 19.8 Å². The van der Waals surface area contributed by atoms with Crippen LogP contribution in [-0.2, 0) is 18.3 Å². The lowest BCUT2D eigenvalue weighted by atomic mass is 10.2. The maximum atomic E-state index is 14.4. The van der Waals surface area contributed by atoms with Crippen molar-refractivity contribution in [3.63, 3.8) is 0 Å². The van der Waals surface area contributed by atoms with E-state index in [2.05, 4.69) is 9.05 Å². The predicted molar refractivity (Wildman–Crippen MR) is 74.1 cm³/mol. The summed E-state index contributed by atoms with van der Waals surface area (Å²) in [6.45, 7) is 5.14. The number of alkyl halides is 2. The van der Waals surface area contributed by atoms with Crippen molar-refractivity contribution < 1.29 is 37.0 Å². The van der Waals surface area contributed by atoms with E-state index < -0.39 is 37.5 Å². The smallest absolute Gasteiger partial charge is 0.409 e. The lowest BCUT2D eigenvalue weighted by Crippen LogP contribution is -2.48. The van der Waals surface area contributed by atoms with Gasteiger partial charge in [-0.15, -0.1) is 0 Å². The first-order valence-electron chi connectivity index (χ1n) is 6.94. The minimum absolute atomic E-state index is 0.206. The third-order valence-corrected chi connectivity index (χ3v) is 5.44. The molecule has 0 aromatic rings. The van der Waals surface area contributed by atoms with E-state index in [0.717, 1.165) is 4.90 Å². The van der Waals surface area contributed by atoms with Gasteiger partial charge < -0.3 is 18.9 Å². The van der Waals surface area contributed by atoms with Crippen LogP contribution in [0.15, 0.2) is 0 Å². The fraction of sp³-hybridized carbons (Fsp3) is 0.917. The average Bonchev–Trinajstić information content (AvgIpc) is 2.64. The molecule has 1 saturated heterocycles. The van der Waals surface area contributed by atoms with Gasteiger partial charge in [-0.2, -0.15) is 8.78 Å². The molecule has 7 nitrogen and oxygen atoms in total. The second-order valence-electron chi connectivity index (χ2n) is 5.27. The van der Waals surface area contributed by atoms with Gasteiger partial charge in [-0.25, -0.2) is 4.79 Å². The monoisotopic (exact) mass is 345 g/mol. The molecule has 1 aliphatic rings. The average molecular weight is 345 g/mol. The molecule has 0 aliphatic carbocycles. The van der Waals surface area contributed by atoms with Crippen molar-refractivity contribution in [3.8, 4) is 0 Å². The zero-order valence-electron chi connectivity index (χ0n) is 13.0. The predicted octanol–water partition coefficient (Wildman–Crippen LogP) is 3.35. The largest absolute Gasteiger partial charge is 0.465 e. The molecular weight excluding hydrogens is 323 g/mol. The van der Waals surface area contributed by atoms with E-state index in [0.29, 0.717) is 0 Å². The van der Waals surface area contributed by atoms with Crippen LogP contribution in [0.3, 0.4) is 0 Å². The number of hydrogen-bond acceptors (Lipinski definition) is 5. The molecule has 0 bridgehead atoms. The molecule has 22 heavy (non-hydrogen) atoms. The summed E-state index contributed by atoms with van der Waals surface area (Å²) in [5.41, 5.74) is -5.05. The molecule has 0 saturated carbocycles. The Kier molecular flexibility index (Phi) is 5.94. The number of rotatable bonds is 7. The normalized spacial score (nSPS) is 22.1. The van der Waals surface area contributed by atoms with Gasteiger partial charge >= 0.3 is 19.4 Å². The first-order valence-corrected chi connectivity index (χ1v) is 8.48. The summed E-state index contributed by atoms with van der Waals surface area (Å²) in [4.78, 5) is 12.1. The Labute approximate surface area is 128 Å². The second-order valence-corrected chi connectivity index (χ2v) is 7.43. The molecule has 1 aliphatic heterocycles. The summed E-state index contributed by atoms with van der Waals surface area (Å²) in [6.07, 6.45) is -2.38. The number of nitrogens with zero attached hydrogens (tertiary/aromatic N) is 1. The van der Waals surface area contributed by atoms with Gasteiger partial charge in [0.25, 0.3) is 0 Å². The van der Waals surface area contributed by atoms with Crippen molar-refractivity contribution >= 4 is 13.7 Å². The summed E-state index contributed by atoms with van der Waals surface area (Å²) in [7, 11) is -4.68. The number of carboxylic acid groups (broad SMARTS) is 1. The number of amides is 1. The highest BCUT2D eigenvalue weighted by molar-refractivity contribution is 7.55. The third-order valence-electron chi connectivity index (χ3n) is 3.26. The van der Waals surface area contributed by atoms with Crippen molar-refractivity contribution in [1.29, 1.82) is 0 Å². The topological polar surface area (TPSA) is 85.3 Å². The highest BCUT2D eigenvalue weighted by Crippen LogP contribution is 2.64. The summed E-state index contributed by atoms with van der Waals surface area (Å²) in [6, 6.07) is -1.14. The van der Waals surface area contributed by atoms with Crippen molar-refractivity contribution in [2.24, 2.45) is 0 Å². The van der Waals surface area contributed by atoms with Crippen molar-refractivity contribution in [1.82, 2.24) is 4.90 Å². The zero-order valence-corrected chi connectivity index (χ0v) is 13.9. The van der Waals surface area contributed by atoms with E-state index in [1.807, 2.05) is 0 Å². The lowest BCUT2D eigenvalue weighted by molar-refractivity contribution is -0.0456. The van der Waals surface area contributed by atoms with E-state index in [9.17, 15) is 23.2 Å². The Morgan fingerprint density at radius 2 is 1.91 bits per heavy atom. The molecule has 0 aromatic heterocycles. The van der Waals surface area contributed by atoms with Gasteiger partial charge in [0.2, 0.25) is 0 Å². The van der Waals surface area contributed by atoms with E-state index >= 15 is 0 Å². The number of halogens is 2. The molecule has 1 heterocycles. The fourth-order valence-corrected chi connectivity index (χ4v) is 3.95. The van der Waals surface area contributed by atoms with Crippen LogP contribution in [0, 0.1) is 0 Å². The standard InChI is InChI=1S/C12H22F2NO6P/c1-5-20-22(18,21-6-2)12(13,14)7-9-8-19-11(3,4)15(9)10(16)17/h9H,5-8H2,1-4H3,(H,16,17)/t9-/m0/s1. The Morgan fingerprint density at radius 1 is 1.41 bits per heavy atom. The maximum absolute atomic E-state index is 14.4. The summed E-state index contributed by atoms with van der Waals surface area (Å²) < 4.78 is 55.6.